The van der Waals surface area contributed by atoms with Gasteiger partial charge in [-0.05, 0) is 37.0 Å². The summed E-state index contributed by atoms with van der Waals surface area (Å²) in [4.78, 5) is 0.888. The lowest BCUT2D eigenvalue weighted by atomic mass is 9.91. The van der Waals surface area contributed by atoms with Crippen molar-refractivity contribution in [2.75, 3.05) is 5.73 Å². The maximum Gasteiger partial charge on any atom is 0.0561 e. The number of hydrogen-bond acceptors (Lipinski definition) is 2. The maximum absolute atomic E-state index is 12.4. The predicted octanol–water partition coefficient (Wildman–Crippen LogP) is 2.96. The normalized spacial score (nSPS) is 27.6. The smallest absolute Gasteiger partial charge is 0.0561 e. The van der Waals surface area contributed by atoms with Crippen molar-refractivity contribution in [2.45, 2.75) is 42.8 Å². The second-order valence-electron chi connectivity index (χ2n) is 4.76. The first-order valence-corrected chi connectivity index (χ1v) is 7.14. The molecule has 3 heteroatoms. The van der Waals surface area contributed by atoms with Gasteiger partial charge in [-0.15, -0.1) is 0 Å². The van der Waals surface area contributed by atoms with E-state index in [0.717, 1.165) is 17.7 Å². The third-order valence-corrected chi connectivity index (χ3v) is 5.03. The third kappa shape index (κ3) is 2.64. The summed E-state index contributed by atoms with van der Waals surface area (Å²) in [5.41, 5.74) is 6.42. The zero-order chi connectivity index (χ0) is 11.5. The van der Waals surface area contributed by atoms with E-state index < -0.39 is 10.8 Å². The second kappa shape index (κ2) is 5.00. The van der Waals surface area contributed by atoms with Crippen LogP contribution in [0.3, 0.4) is 0 Å². The minimum atomic E-state index is -0.881. The zero-order valence-corrected chi connectivity index (χ0v) is 10.5. The Balaban J connectivity index is 2.12. The van der Waals surface area contributed by atoms with Crippen LogP contribution >= 0.6 is 0 Å². The predicted molar refractivity (Wildman–Crippen MR) is 68.7 cm³/mol. The molecule has 1 aliphatic rings. The minimum Gasteiger partial charge on any atom is -0.399 e. The zero-order valence-electron chi connectivity index (χ0n) is 9.69. The van der Waals surface area contributed by atoms with Gasteiger partial charge in [-0.3, -0.25) is 4.21 Å². The maximum atomic E-state index is 12.4. The van der Waals surface area contributed by atoms with Gasteiger partial charge in [0.25, 0.3) is 0 Å². The first-order chi connectivity index (χ1) is 7.66. The van der Waals surface area contributed by atoms with Crippen LogP contribution in [0, 0.1) is 5.92 Å². The fourth-order valence-electron chi connectivity index (χ4n) is 2.41. The number of hydrogen-bond donors (Lipinski definition) is 1. The molecule has 3 unspecified atom stereocenters. The van der Waals surface area contributed by atoms with Crippen LogP contribution in [0.4, 0.5) is 5.69 Å². The largest absolute Gasteiger partial charge is 0.399 e. The number of anilines is 1. The average Bonchev–Trinajstić information content (AvgIpc) is 2.28. The van der Waals surface area contributed by atoms with Crippen molar-refractivity contribution in [3.63, 3.8) is 0 Å². The molecule has 2 N–H and O–H groups in total. The van der Waals surface area contributed by atoms with E-state index in [9.17, 15) is 4.21 Å². The summed E-state index contributed by atoms with van der Waals surface area (Å²) < 4.78 is 12.4. The van der Waals surface area contributed by atoms with Crippen molar-refractivity contribution in [1.82, 2.24) is 0 Å². The molecule has 0 spiro atoms. The van der Waals surface area contributed by atoms with Crippen LogP contribution in [0.15, 0.2) is 29.2 Å². The van der Waals surface area contributed by atoms with Crippen LogP contribution in [-0.2, 0) is 10.8 Å². The average molecular weight is 237 g/mol. The lowest BCUT2D eigenvalue weighted by Gasteiger charge is -2.26. The van der Waals surface area contributed by atoms with E-state index in [4.69, 9.17) is 5.73 Å². The van der Waals surface area contributed by atoms with E-state index in [2.05, 4.69) is 6.92 Å². The molecule has 1 aliphatic carbocycles. The third-order valence-electron chi connectivity index (χ3n) is 3.28. The van der Waals surface area contributed by atoms with Gasteiger partial charge in [0.15, 0.2) is 0 Å². The Morgan fingerprint density at radius 1 is 1.38 bits per heavy atom. The Kier molecular flexibility index (Phi) is 3.64. The molecule has 0 saturated heterocycles. The Bertz CT molecular complexity index is 391. The standard InChI is InChI=1S/C13H19NOS/c1-10-4-2-6-12(8-10)16(15)13-7-3-5-11(14)9-13/h3,5,7,9-10,12H,2,4,6,8,14H2,1H3. The molecule has 0 aliphatic heterocycles. The Labute approximate surface area is 99.7 Å². The van der Waals surface area contributed by atoms with Crippen LogP contribution in [0.2, 0.25) is 0 Å². The molecule has 0 radical (unpaired) electrons. The molecule has 0 amide bonds. The molecule has 16 heavy (non-hydrogen) atoms. The summed E-state index contributed by atoms with van der Waals surface area (Å²) in [6, 6.07) is 7.49. The summed E-state index contributed by atoms with van der Waals surface area (Å²) in [6.07, 6.45) is 4.66. The van der Waals surface area contributed by atoms with E-state index in [1.807, 2.05) is 24.3 Å². The van der Waals surface area contributed by atoms with Gasteiger partial charge in [0.2, 0.25) is 0 Å². The van der Waals surface area contributed by atoms with E-state index in [-0.39, 0.29) is 0 Å². The van der Waals surface area contributed by atoms with Crippen LogP contribution in [0.1, 0.15) is 32.6 Å². The highest BCUT2D eigenvalue weighted by Gasteiger charge is 2.24. The molecule has 1 fully saturated rings. The number of rotatable bonds is 2. The van der Waals surface area contributed by atoms with E-state index in [0.29, 0.717) is 16.9 Å². The Morgan fingerprint density at radius 2 is 2.19 bits per heavy atom. The van der Waals surface area contributed by atoms with Crippen LogP contribution in [0.25, 0.3) is 0 Å². The van der Waals surface area contributed by atoms with Gasteiger partial charge in [-0.25, -0.2) is 0 Å². The monoisotopic (exact) mass is 237 g/mol. The van der Waals surface area contributed by atoms with Crippen molar-refractivity contribution >= 4 is 16.5 Å². The highest BCUT2D eigenvalue weighted by molar-refractivity contribution is 7.85. The van der Waals surface area contributed by atoms with Crippen LogP contribution in [0.5, 0.6) is 0 Å². The fourth-order valence-corrected chi connectivity index (χ4v) is 4.14. The van der Waals surface area contributed by atoms with Crippen molar-refractivity contribution in [2.24, 2.45) is 5.92 Å². The van der Waals surface area contributed by atoms with Crippen LogP contribution in [-0.4, -0.2) is 9.46 Å². The van der Waals surface area contributed by atoms with Crippen molar-refractivity contribution in [3.8, 4) is 0 Å². The Morgan fingerprint density at radius 3 is 2.88 bits per heavy atom. The summed E-state index contributed by atoms with van der Waals surface area (Å²) in [5.74, 6) is 0.712. The molecule has 2 nitrogen and oxygen atoms in total. The van der Waals surface area contributed by atoms with Crippen molar-refractivity contribution < 1.29 is 4.21 Å². The summed E-state index contributed by atoms with van der Waals surface area (Å²) >= 11 is 0. The molecular weight excluding hydrogens is 218 g/mol. The molecule has 0 bridgehead atoms. The van der Waals surface area contributed by atoms with Crippen LogP contribution < -0.4 is 5.73 Å². The second-order valence-corrected chi connectivity index (χ2v) is 6.50. The lowest BCUT2D eigenvalue weighted by Crippen LogP contribution is -2.23. The molecule has 1 aromatic rings. The first kappa shape index (κ1) is 11.6. The number of nitrogens with two attached hydrogens (primary N) is 1. The van der Waals surface area contributed by atoms with Gasteiger partial charge in [0.05, 0.1) is 10.8 Å². The minimum absolute atomic E-state index is 0.325. The van der Waals surface area contributed by atoms with Gasteiger partial charge >= 0.3 is 0 Å². The Hall–Kier alpha value is -0.830. The molecule has 88 valence electrons. The molecule has 1 saturated carbocycles. The molecular formula is C13H19NOS. The first-order valence-electron chi connectivity index (χ1n) is 5.93. The highest BCUT2D eigenvalue weighted by Crippen LogP contribution is 2.29. The van der Waals surface area contributed by atoms with E-state index in [1.165, 1.54) is 12.8 Å². The van der Waals surface area contributed by atoms with Gasteiger partial charge in [-0.2, -0.15) is 0 Å². The van der Waals surface area contributed by atoms with Crippen molar-refractivity contribution in [1.29, 1.82) is 0 Å². The van der Waals surface area contributed by atoms with Gasteiger partial charge < -0.3 is 5.73 Å². The highest BCUT2D eigenvalue weighted by atomic mass is 32.2. The molecule has 3 atom stereocenters. The molecule has 0 heterocycles. The van der Waals surface area contributed by atoms with Gasteiger partial charge in [0.1, 0.15) is 0 Å². The summed E-state index contributed by atoms with van der Waals surface area (Å²) in [6.45, 7) is 2.25. The quantitative estimate of drug-likeness (QED) is 0.804. The molecule has 2 rings (SSSR count). The number of nitrogen functional groups attached to an aromatic ring is 1. The van der Waals surface area contributed by atoms with Crippen molar-refractivity contribution in [3.05, 3.63) is 24.3 Å². The molecule has 0 aromatic heterocycles. The SMILES string of the molecule is CC1CCCC(S(=O)c2cccc(N)c2)C1. The molecule has 1 aromatic carbocycles. The summed E-state index contributed by atoms with van der Waals surface area (Å²) in [5, 5.41) is 0.325. The fraction of sp³-hybridized carbons (Fsp3) is 0.538. The van der Waals surface area contributed by atoms with Gasteiger partial charge in [-0.1, -0.05) is 25.8 Å². The topological polar surface area (TPSA) is 43.1 Å². The number of benzene rings is 1. The lowest BCUT2D eigenvalue weighted by molar-refractivity contribution is 0.389. The van der Waals surface area contributed by atoms with Gasteiger partial charge in [0, 0.05) is 15.8 Å². The van der Waals surface area contributed by atoms with E-state index >= 15 is 0 Å². The summed E-state index contributed by atoms with van der Waals surface area (Å²) in [7, 11) is -0.881. The van der Waals surface area contributed by atoms with E-state index in [1.54, 1.807) is 0 Å².